The molecule has 0 unspecified atom stereocenters. The summed E-state index contributed by atoms with van der Waals surface area (Å²) in [6.07, 6.45) is 0. The number of hydrogen-bond acceptors (Lipinski definition) is 0. The lowest BCUT2D eigenvalue weighted by atomic mass is 9.90. The molecule has 0 aliphatic heterocycles. The highest BCUT2D eigenvalue weighted by Crippen LogP contribution is 2.33. The van der Waals surface area contributed by atoms with Crippen LogP contribution in [0.5, 0.6) is 0 Å². The van der Waals surface area contributed by atoms with Gasteiger partial charge in [0.15, 0.2) is 0 Å². The van der Waals surface area contributed by atoms with E-state index in [1.165, 1.54) is 27.5 Å². The van der Waals surface area contributed by atoms with Gasteiger partial charge in [-0.15, -0.1) is 0 Å². The molecular weight excluding hydrogens is 228 g/mol. The molecule has 0 N–H and O–H groups in total. The Morgan fingerprint density at radius 3 is 2.47 bits per heavy atom. The average molecular weight is 245 g/mol. The largest absolute Gasteiger partial charge is 0.0616 e. The lowest BCUT2D eigenvalue weighted by molar-refractivity contribution is 0.869. The summed E-state index contributed by atoms with van der Waals surface area (Å²) in [7, 11) is 0. The van der Waals surface area contributed by atoms with Crippen LogP contribution in [0.25, 0.3) is 21.9 Å². The van der Waals surface area contributed by atoms with Gasteiger partial charge in [-0.3, -0.25) is 0 Å². The molecule has 0 aliphatic rings. The number of benzene rings is 3. The summed E-state index contributed by atoms with van der Waals surface area (Å²) in [5, 5.41) is 2.58. The maximum Gasteiger partial charge on any atom is -0.00642 e. The van der Waals surface area contributed by atoms with Gasteiger partial charge in [0.1, 0.15) is 0 Å². The minimum absolute atomic E-state index is 0.506. The number of rotatable bonds is 2. The van der Waals surface area contributed by atoms with Gasteiger partial charge in [0.25, 0.3) is 0 Å². The molecule has 0 atom stereocenters. The molecule has 1 radical (unpaired) electrons. The minimum atomic E-state index is 0.506. The third-order valence-corrected chi connectivity index (χ3v) is 3.57. The summed E-state index contributed by atoms with van der Waals surface area (Å²) in [5.41, 5.74) is 3.87. The van der Waals surface area contributed by atoms with Crippen LogP contribution >= 0.6 is 0 Å². The lowest BCUT2D eigenvalue weighted by Crippen LogP contribution is -1.92. The van der Waals surface area contributed by atoms with Crippen LogP contribution in [-0.2, 0) is 0 Å². The zero-order valence-electron chi connectivity index (χ0n) is 11.4. The Kier molecular flexibility index (Phi) is 3.08. The first-order valence-electron chi connectivity index (χ1n) is 6.76. The van der Waals surface area contributed by atoms with Crippen molar-refractivity contribution in [3.63, 3.8) is 0 Å². The van der Waals surface area contributed by atoms with Crippen LogP contribution in [0.4, 0.5) is 0 Å². The summed E-state index contributed by atoms with van der Waals surface area (Å²) in [6, 6.07) is 24.7. The Labute approximate surface area is 114 Å². The standard InChI is InChI=1S/C19H17/c1-14(2)16-10-5-6-12-18(16)19-13-7-9-15-8-3-4-11-17(15)19/h3-11,13-14H,1-2H3. The van der Waals surface area contributed by atoms with Crippen LogP contribution in [0.3, 0.4) is 0 Å². The van der Waals surface area contributed by atoms with Gasteiger partial charge in [0.05, 0.1) is 0 Å². The fourth-order valence-electron chi connectivity index (χ4n) is 2.61. The topological polar surface area (TPSA) is 0 Å². The van der Waals surface area contributed by atoms with E-state index in [0.29, 0.717) is 5.92 Å². The zero-order valence-corrected chi connectivity index (χ0v) is 11.4. The van der Waals surface area contributed by atoms with Crippen molar-refractivity contribution in [3.05, 3.63) is 72.3 Å². The predicted octanol–water partition coefficient (Wildman–Crippen LogP) is 5.43. The predicted molar refractivity (Wildman–Crippen MR) is 82.3 cm³/mol. The van der Waals surface area contributed by atoms with Crippen molar-refractivity contribution in [2.24, 2.45) is 0 Å². The molecular formula is C19H17. The van der Waals surface area contributed by atoms with Crippen molar-refractivity contribution >= 4 is 10.8 Å². The van der Waals surface area contributed by atoms with Crippen LogP contribution in [0.1, 0.15) is 25.3 Å². The Morgan fingerprint density at radius 2 is 1.63 bits per heavy atom. The molecule has 0 amide bonds. The van der Waals surface area contributed by atoms with Crippen LogP contribution in [0, 0.1) is 6.07 Å². The first-order chi connectivity index (χ1) is 9.27. The molecule has 0 nitrogen and oxygen atoms in total. The van der Waals surface area contributed by atoms with E-state index in [9.17, 15) is 0 Å². The van der Waals surface area contributed by atoms with Crippen LogP contribution in [0.2, 0.25) is 0 Å². The van der Waals surface area contributed by atoms with Gasteiger partial charge in [-0.25, -0.2) is 0 Å². The summed E-state index contributed by atoms with van der Waals surface area (Å²) >= 11 is 0. The minimum Gasteiger partial charge on any atom is -0.0616 e. The van der Waals surface area contributed by atoms with Gasteiger partial charge in [-0.2, -0.15) is 0 Å². The van der Waals surface area contributed by atoms with E-state index in [4.69, 9.17) is 0 Å². The van der Waals surface area contributed by atoms with E-state index >= 15 is 0 Å². The van der Waals surface area contributed by atoms with Crippen molar-refractivity contribution in [1.82, 2.24) is 0 Å². The average Bonchev–Trinajstić information content (AvgIpc) is 2.46. The SMILES string of the molecule is CC(C)c1ccc[c]c1-c1cccc2ccccc12. The smallest absolute Gasteiger partial charge is 0.00642 e. The molecule has 93 valence electrons. The normalized spacial score (nSPS) is 11.1. The zero-order chi connectivity index (χ0) is 13.2. The van der Waals surface area contributed by atoms with E-state index < -0.39 is 0 Å². The van der Waals surface area contributed by atoms with E-state index in [0.717, 1.165) is 0 Å². The maximum atomic E-state index is 3.43. The third kappa shape index (κ3) is 2.15. The summed E-state index contributed by atoms with van der Waals surface area (Å²) in [4.78, 5) is 0. The first kappa shape index (κ1) is 12.0. The van der Waals surface area contributed by atoms with Crippen LogP contribution in [-0.4, -0.2) is 0 Å². The van der Waals surface area contributed by atoms with Gasteiger partial charge in [-0.05, 0) is 39.4 Å². The Morgan fingerprint density at radius 1 is 0.842 bits per heavy atom. The summed E-state index contributed by atoms with van der Waals surface area (Å²) < 4.78 is 0. The van der Waals surface area contributed by atoms with E-state index in [2.05, 4.69) is 74.5 Å². The second-order valence-electron chi connectivity index (χ2n) is 5.18. The molecule has 0 aliphatic carbocycles. The first-order valence-corrected chi connectivity index (χ1v) is 6.76. The summed E-state index contributed by atoms with van der Waals surface area (Å²) in [5.74, 6) is 0.506. The van der Waals surface area contributed by atoms with Gasteiger partial charge in [-0.1, -0.05) is 74.5 Å². The van der Waals surface area contributed by atoms with Gasteiger partial charge >= 0.3 is 0 Å². The van der Waals surface area contributed by atoms with Crippen LogP contribution < -0.4 is 0 Å². The number of fused-ring (bicyclic) bond motifs is 1. The summed E-state index contributed by atoms with van der Waals surface area (Å²) in [6.45, 7) is 4.47. The Balaban J connectivity index is 2.31. The molecule has 0 heteroatoms. The molecule has 0 heterocycles. The van der Waals surface area contributed by atoms with Crippen molar-refractivity contribution in [2.75, 3.05) is 0 Å². The molecule has 0 saturated heterocycles. The third-order valence-electron chi connectivity index (χ3n) is 3.57. The van der Waals surface area contributed by atoms with Crippen molar-refractivity contribution in [1.29, 1.82) is 0 Å². The van der Waals surface area contributed by atoms with Crippen LogP contribution in [0.15, 0.2) is 60.7 Å². The molecule has 0 fully saturated rings. The highest BCUT2D eigenvalue weighted by atomic mass is 14.1. The molecule has 3 aromatic rings. The fraction of sp³-hybridized carbons (Fsp3) is 0.158. The van der Waals surface area contributed by atoms with Gasteiger partial charge < -0.3 is 0 Å². The van der Waals surface area contributed by atoms with E-state index in [1.54, 1.807) is 0 Å². The molecule has 0 bridgehead atoms. The van der Waals surface area contributed by atoms with E-state index in [1.807, 2.05) is 6.07 Å². The molecule has 0 spiro atoms. The molecule has 0 saturated carbocycles. The Bertz CT molecular complexity index is 703. The molecule has 0 aromatic heterocycles. The van der Waals surface area contributed by atoms with Crippen molar-refractivity contribution in [2.45, 2.75) is 19.8 Å². The molecule has 3 rings (SSSR count). The van der Waals surface area contributed by atoms with E-state index in [-0.39, 0.29) is 0 Å². The second kappa shape index (κ2) is 4.89. The monoisotopic (exact) mass is 245 g/mol. The lowest BCUT2D eigenvalue weighted by Gasteiger charge is -2.14. The maximum absolute atomic E-state index is 3.43. The van der Waals surface area contributed by atoms with Gasteiger partial charge in [0.2, 0.25) is 0 Å². The Hall–Kier alpha value is -2.08. The second-order valence-corrected chi connectivity index (χ2v) is 5.18. The van der Waals surface area contributed by atoms with Gasteiger partial charge in [0, 0.05) is 0 Å². The quantitative estimate of drug-likeness (QED) is 0.564. The fourth-order valence-corrected chi connectivity index (χ4v) is 2.61. The highest BCUT2D eigenvalue weighted by Gasteiger charge is 2.10. The van der Waals surface area contributed by atoms with Crippen molar-refractivity contribution in [3.8, 4) is 11.1 Å². The van der Waals surface area contributed by atoms with Crippen molar-refractivity contribution < 1.29 is 0 Å². The number of hydrogen-bond donors (Lipinski definition) is 0. The highest BCUT2D eigenvalue weighted by molar-refractivity contribution is 5.97. The molecule has 19 heavy (non-hydrogen) atoms. The molecule has 3 aromatic carbocycles.